The number of hydrogen-bond acceptors (Lipinski definition) is 4. The number of sulfonamides is 1. The van der Waals surface area contributed by atoms with E-state index in [2.05, 4.69) is 10.2 Å². The van der Waals surface area contributed by atoms with E-state index < -0.39 is 10.0 Å². The summed E-state index contributed by atoms with van der Waals surface area (Å²) in [7, 11) is -1.33. The fourth-order valence-corrected chi connectivity index (χ4v) is 4.61. The van der Waals surface area contributed by atoms with Gasteiger partial charge in [0.1, 0.15) is 0 Å². The van der Waals surface area contributed by atoms with Crippen molar-refractivity contribution >= 4 is 10.0 Å². The maximum Gasteiger partial charge on any atom is 0.218 e. The number of piperazine rings is 1. The van der Waals surface area contributed by atoms with Gasteiger partial charge in [0.25, 0.3) is 0 Å². The van der Waals surface area contributed by atoms with Gasteiger partial charge in [0.05, 0.1) is 5.25 Å². The normalized spacial score (nSPS) is 28.9. The molecule has 1 N–H and O–H groups in total. The standard InChI is InChI=1S/C12H25N3O2S/c1-11(9-13-2)18(16,17)15-8-7-14-6-4-3-5-12(14)10-15/h11-13H,3-10H2,1-2H3. The summed E-state index contributed by atoms with van der Waals surface area (Å²) in [6.07, 6.45) is 3.65. The molecule has 2 rings (SSSR count). The van der Waals surface area contributed by atoms with Gasteiger partial charge in [-0.1, -0.05) is 6.42 Å². The van der Waals surface area contributed by atoms with Gasteiger partial charge in [-0.2, -0.15) is 4.31 Å². The summed E-state index contributed by atoms with van der Waals surface area (Å²) in [4.78, 5) is 2.46. The minimum Gasteiger partial charge on any atom is -0.318 e. The number of piperidine rings is 1. The van der Waals surface area contributed by atoms with Crippen molar-refractivity contribution in [2.75, 3.05) is 39.8 Å². The van der Waals surface area contributed by atoms with E-state index in [4.69, 9.17) is 0 Å². The van der Waals surface area contributed by atoms with Gasteiger partial charge in [-0.3, -0.25) is 4.90 Å². The highest BCUT2D eigenvalue weighted by Crippen LogP contribution is 2.23. The molecule has 0 saturated carbocycles. The Labute approximate surface area is 111 Å². The molecule has 0 aliphatic carbocycles. The van der Waals surface area contributed by atoms with Gasteiger partial charge in [0.2, 0.25) is 10.0 Å². The lowest BCUT2D eigenvalue weighted by Crippen LogP contribution is -2.57. The van der Waals surface area contributed by atoms with Gasteiger partial charge in [-0.05, 0) is 33.4 Å². The average molecular weight is 275 g/mol. The van der Waals surface area contributed by atoms with Crippen molar-refractivity contribution in [3.05, 3.63) is 0 Å². The molecular formula is C12H25N3O2S. The second kappa shape index (κ2) is 5.86. The van der Waals surface area contributed by atoms with Crippen LogP contribution in [0.5, 0.6) is 0 Å². The molecular weight excluding hydrogens is 250 g/mol. The molecule has 0 aromatic rings. The van der Waals surface area contributed by atoms with Crippen molar-refractivity contribution in [1.29, 1.82) is 0 Å². The van der Waals surface area contributed by atoms with Gasteiger partial charge in [-0.15, -0.1) is 0 Å². The molecule has 0 bridgehead atoms. The van der Waals surface area contributed by atoms with Crippen LogP contribution < -0.4 is 5.32 Å². The quantitative estimate of drug-likeness (QED) is 0.790. The second-order valence-electron chi connectivity index (χ2n) is 5.46. The Hall–Kier alpha value is -0.170. The van der Waals surface area contributed by atoms with Crippen LogP contribution in [-0.4, -0.2) is 68.7 Å². The maximum absolute atomic E-state index is 12.4. The van der Waals surface area contributed by atoms with Crippen molar-refractivity contribution in [1.82, 2.24) is 14.5 Å². The van der Waals surface area contributed by atoms with Crippen molar-refractivity contribution in [2.24, 2.45) is 0 Å². The van der Waals surface area contributed by atoms with E-state index in [9.17, 15) is 8.42 Å². The number of nitrogens with one attached hydrogen (secondary N) is 1. The lowest BCUT2D eigenvalue weighted by molar-refractivity contribution is 0.0848. The van der Waals surface area contributed by atoms with E-state index in [0.717, 1.165) is 19.5 Å². The van der Waals surface area contributed by atoms with Crippen molar-refractivity contribution in [3.63, 3.8) is 0 Å². The fourth-order valence-electron chi connectivity index (χ4n) is 3.01. The van der Waals surface area contributed by atoms with Crippen LogP contribution in [0.3, 0.4) is 0 Å². The summed E-state index contributed by atoms with van der Waals surface area (Å²) in [5.74, 6) is 0. The highest BCUT2D eigenvalue weighted by molar-refractivity contribution is 7.89. The molecule has 2 fully saturated rings. The summed E-state index contributed by atoms with van der Waals surface area (Å²) >= 11 is 0. The van der Waals surface area contributed by atoms with Crippen LogP contribution in [0.25, 0.3) is 0 Å². The lowest BCUT2D eigenvalue weighted by Gasteiger charge is -2.44. The molecule has 0 amide bonds. The summed E-state index contributed by atoms with van der Waals surface area (Å²) in [5.41, 5.74) is 0. The minimum atomic E-state index is -3.13. The van der Waals surface area contributed by atoms with Gasteiger partial charge < -0.3 is 5.32 Å². The first kappa shape index (κ1) is 14.2. The first-order valence-corrected chi connectivity index (χ1v) is 8.43. The van der Waals surface area contributed by atoms with E-state index in [1.165, 1.54) is 12.8 Å². The molecule has 2 atom stereocenters. The second-order valence-corrected chi connectivity index (χ2v) is 7.81. The van der Waals surface area contributed by atoms with E-state index in [1.54, 1.807) is 18.3 Å². The molecule has 2 aliphatic rings. The average Bonchev–Trinajstić information content (AvgIpc) is 2.38. The summed E-state index contributed by atoms with van der Waals surface area (Å²) in [6.45, 7) is 5.70. The molecule has 2 unspecified atom stereocenters. The molecule has 0 aromatic heterocycles. The largest absolute Gasteiger partial charge is 0.318 e. The van der Waals surface area contributed by atoms with Crippen molar-refractivity contribution in [2.45, 2.75) is 37.5 Å². The van der Waals surface area contributed by atoms with Crippen LogP contribution in [0, 0.1) is 0 Å². The summed E-state index contributed by atoms with van der Waals surface area (Å²) < 4.78 is 26.5. The highest BCUT2D eigenvalue weighted by atomic mass is 32.2. The third-order valence-corrected chi connectivity index (χ3v) is 6.40. The highest BCUT2D eigenvalue weighted by Gasteiger charge is 2.36. The summed E-state index contributed by atoms with van der Waals surface area (Å²) in [6, 6.07) is 0.448. The molecule has 2 saturated heterocycles. The fraction of sp³-hybridized carbons (Fsp3) is 1.00. The Bertz CT molecular complexity index is 372. The SMILES string of the molecule is CNCC(C)S(=O)(=O)N1CCN2CCCCC2C1. The summed E-state index contributed by atoms with van der Waals surface area (Å²) in [5, 5.41) is 2.62. The van der Waals surface area contributed by atoms with E-state index in [0.29, 0.717) is 25.7 Å². The van der Waals surface area contributed by atoms with Crippen LogP contribution in [0.15, 0.2) is 0 Å². The van der Waals surface area contributed by atoms with Crippen molar-refractivity contribution in [3.8, 4) is 0 Å². The molecule has 18 heavy (non-hydrogen) atoms. The van der Waals surface area contributed by atoms with E-state index in [-0.39, 0.29) is 5.25 Å². The van der Waals surface area contributed by atoms with Gasteiger partial charge >= 0.3 is 0 Å². The van der Waals surface area contributed by atoms with Crippen LogP contribution in [0.4, 0.5) is 0 Å². The Kier molecular flexibility index (Phi) is 4.64. The first-order valence-electron chi connectivity index (χ1n) is 6.93. The zero-order chi connectivity index (χ0) is 13.2. The number of fused-ring (bicyclic) bond motifs is 1. The molecule has 5 nitrogen and oxygen atoms in total. The van der Waals surface area contributed by atoms with Crippen molar-refractivity contribution < 1.29 is 8.42 Å². The number of rotatable bonds is 4. The predicted octanol–water partition coefficient (Wildman–Crippen LogP) is 0.0942. The van der Waals surface area contributed by atoms with Gasteiger partial charge in [0.15, 0.2) is 0 Å². The molecule has 0 aromatic carbocycles. The van der Waals surface area contributed by atoms with E-state index in [1.807, 2.05) is 0 Å². The molecule has 0 spiro atoms. The maximum atomic E-state index is 12.4. The topological polar surface area (TPSA) is 52.7 Å². The lowest BCUT2D eigenvalue weighted by atomic mass is 10.0. The molecule has 6 heteroatoms. The zero-order valence-corrected chi connectivity index (χ0v) is 12.2. The van der Waals surface area contributed by atoms with Gasteiger partial charge in [0, 0.05) is 32.2 Å². The Morgan fingerprint density at radius 2 is 2.06 bits per heavy atom. The number of hydrogen-bond donors (Lipinski definition) is 1. The monoisotopic (exact) mass is 275 g/mol. The predicted molar refractivity (Wildman–Crippen MR) is 73.1 cm³/mol. The third-order valence-electron chi connectivity index (χ3n) is 4.16. The Balaban J connectivity index is 2.01. The molecule has 106 valence electrons. The van der Waals surface area contributed by atoms with Crippen LogP contribution in [0.1, 0.15) is 26.2 Å². The van der Waals surface area contributed by atoms with Gasteiger partial charge in [-0.25, -0.2) is 8.42 Å². The zero-order valence-electron chi connectivity index (χ0n) is 11.4. The third kappa shape index (κ3) is 2.87. The Morgan fingerprint density at radius 1 is 1.28 bits per heavy atom. The number of nitrogens with zero attached hydrogens (tertiary/aromatic N) is 2. The first-order chi connectivity index (χ1) is 8.55. The smallest absolute Gasteiger partial charge is 0.218 e. The minimum absolute atomic E-state index is 0.336. The molecule has 0 radical (unpaired) electrons. The molecule has 2 heterocycles. The van der Waals surface area contributed by atoms with Crippen LogP contribution in [0.2, 0.25) is 0 Å². The van der Waals surface area contributed by atoms with E-state index >= 15 is 0 Å². The molecule has 2 aliphatic heterocycles. The van der Waals surface area contributed by atoms with Crippen LogP contribution in [-0.2, 0) is 10.0 Å². The van der Waals surface area contributed by atoms with Crippen LogP contribution >= 0.6 is 0 Å². The Morgan fingerprint density at radius 3 is 2.78 bits per heavy atom.